The second kappa shape index (κ2) is 11.4. The number of ether oxygens (including phenoxy) is 1. The third kappa shape index (κ3) is 4.55. The van der Waals surface area contributed by atoms with E-state index >= 15 is 0 Å². The van der Waals surface area contributed by atoms with Crippen molar-refractivity contribution in [2.24, 2.45) is 0 Å². The monoisotopic (exact) mass is 654 g/mol. The van der Waals surface area contributed by atoms with Crippen molar-refractivity contribution in [1.29, 1.82) is 5.26 Å². The van der Waals surface area contributed by atoms with Crippen molar-refractivity contribution >= 4 is 49.3 Å². The highest BCUT2D eigenvalue weighted by Crippen LogP contribution is 2.38. The van der Waals surface area contributed by atoms with E-state index in [1.807, 2.05) is 72.8 Å². The van der Waals surface area contributed by atoms with Crippen molar-refractivity contribution in [3.63, 3.8) is 0 Å². The van der Waals surface area contributed by atoms with Gasteiger partial charge in [-0.3, -0.25) is 8.97 Å². The molecule has 0 saturated carbocycles. The second-order valence-corrected chi connectivity index (χ2v) is 12.5. The molecular formula is C44H26N6O. The molecule has 0 spiro atoms. The van der Waals surface area contributed by atoms with Gasteiger partial charge in [-0.1, -0.05) is 91.0 Å². The van der Waals surface area contributed by atoms with Crippen molar-refractivity contribution in [3.8, 4) is 45.8 Å². The van der Waals surface area contributed by atoms with Crippen LogP contribution in [0.15, 0.2) is 158 Å². The number of hydrogen-bond acceptors (Lipinski definition) is 5. The molecule has 0 saturated heterocycles. The summed E-state index contributed by atoms with van der Waals surface area (Å²) in [6.07, 6.45) is 1.79. The molecule has 4 heterocycles. The van der Waals surface area contributed by atoms with E-state index < -0.39 is 0 Å². The van der Waals surface area contributed by atoms with Crippen LogP contribution >= 0.6 is 0 Å². The lowest BCUT2D eigenvalue weighted by atomic mass is 9.99. The Bertz CT molecular complexity index is 2970. The Kier molecular flexibility index (Phi) is 6.41. The molecule has 0 aliphatic carbocycles. The Morgan fingerprint density at radius 3 is 2.10 bits per heavy atom. The molecular weight excluding hydrogens is 629 g/mol. The van der Waals surface area contributed by atoms with Crippen molar-refractivity contribution in [2.45, 2.75) is 0 Å². The van der Waals surface area contributed by atoms with Gasteiger partial charge in [-0.05, 0) is 71.1 Å². The smallest absolute Gasteiger partial charge is 0.169 e. The van der Waals surface area contributed by atoms with Crippen LogP contribution in [0, 0.1) is 11.3 Å². The summed E-state index contributed by atoms with van der Waals surface area (Å²) in [5.41, 5.74) is 8.03. The Hall–Kier alpha value is -7.30. The van der Waals surface area contributed by atoms with Crippen LogP contribution in [-0.4, -0.2) is 24.1 Å². The largest absolute Gasteiger partial charge is 0.457 e. The summed E-state index contributed by atoms with van der Waals surface area (Å²) in [6.45, 7) is 0. The van der Waals surface area contributed by atoms with E-state index in [1.165, 1.54) is 0 Å². The van der Waals surface area contributed by atoms with Gasteiger partial charge in [0.05, 0.1) is 28.4 Å². The van der Waals surface area contributed by atoms with Crippen LogP contribution in [0.3, 0.4) is 0 Å². The molecule has 0 aliphatic heterocycles. The molecule has 0 N–H and O–H groups in total. The number of nitriles is 1. The Morgan fingerprint density at radius 2 is 1.25 bits per heavy atom. The molecule has 10 rings (SSSR count). The number of aromatic nitrogens is 5. The summed E-state index contributed by atoms with van der Waals surface area (Å²) < 4.78 is 10.8. The number of fused-ring (bicyclic) bond motifs is 9. The number of nitrogens with zero attached hydrogens (tertiary/aromatic N) is 6. The fourth-order valence-electron chi connectivity index (χ4n) is 7.34. The fraction of sp³-hybridized carbons (Fsp3) is 0. The van der Waals surface area contributed by atoms with E-state index in [1.54, 1.807) is 12.3 Å². The summed E-state index contributed by atoms with van der Waals surface area (Å²) in [4.78, 5) is 4.72. The molecule has 0 aliphatic rings. The Labute approximate surface area is 291 Å². The molecule has 0 unspecified atom stereocenters. The van der Waals surface area contributed by atoms with Gasteiger partial charge < -0.3 is 4.74 Å². The van der Waals surface area contributed by atoms with Crippen LogP contribution in [-0.2, 0) is 0 Å². The van der Waals surface area contributed by atoms with E-state index in [9.17, 15) is 5.26 Å². The highest BCUT2D eigenvalue weighted by Gasteiger charge is 2.20. The topological polar surface area (TPSA) is 81.0 Å². The number of para-hydroxylation sites is 2. The first-order valence-electron chi connectivity index (χ1n) is 16.7. The lowest BCUT2D eigenvalue weighted by molar-refractivity contribution is 0.483. The van der Waals surface area contributed by atoms with Crippen molar-refractivity contribution in [2.75, 3.05) is 0 Å². The Morgan fingerprint density at radius 1 is 0.529 bits per heavy atom. The zero-order valence-electron chi connectivity index (χ0n) is 27.1. The molecule has 0 atom stereocenters. The highest BCUT2D eigenvalue weighted by atomic mass is 16.5. The number of hydrogen-bond donors (Lipinski definition) is 0. The van der Waals surface area contributed by atoms with Crippen LogP contribution in [0.4, 0.5) is 0 Å². The number of rotatable bonds is 5. The summed E-state index contributed by atoms with van der Waals surface area (Å²) in [5, 5.41) is 24.8. The van der Waals surface area contributed by atoms with Gasteiger partial charge in [-0.2, -0.15) is 5.26 Å². The van der Waals surface area contributed by atoms with E-state index in [0.717, 1.165) is 77.5 Å². The summed E-state index contributed by atoms with van der Waals surface area (Å²) >= 11 is 0. The zero-order chi connectivity index (χ0) is 33.9. The van der Waals surface area contributed by atoms with Crippen LogP contribution in [0.2, 0.25) is 0 Å². The Balaban J connectivity index is 1.14. The maximum absolute atomic E-state index is 10.1. The highest BCUT2D eigenvalue weighted by molar-refractivity contribution is 6.13. The van der Waals surface area contributed by atoms with Crippen LogP contribution in [0.5, 0.6) is 11.5 Å². The quantitative estimate of drug-likeness (QED) is 0.173. The van der Waals surface area contributed by atoms with Crippen molar-refractivity contribution in [1.82, 2.24) is 24.1 Å². The second-order valence-electron chi connectivity index (χ2n) is 12.5. The number of benzene rings is 6. The number of pyridine rings is 2. The molecule has 238 valence electrons. The van der Waals surface area contributed by atoms with Gasteiger partial charge in [-0.25, -0.2) is 4.98 Å². The first kappa shape index (κ1) is 28.7. The van der Waals surface area contributed by atoms with E-state index in [2.05, 4.69) is 87.8 Å². The average Bonchev–Trinajstić information content (AvgIpc) is 3.79. The van der Waals surface area contributed by atoms with Gasteiger partial charge >= 0.3 is 0 Å². The van der Waals surface area contributed by atoms with Gasteiger partial charge in [0, 0.05) is 39.4 Å². The minimum Gasteiger partial charge on any atom is -0.457 e. The van der Waals surface area contributed by atoms with Crippen molar-refractivity contribution < 1.29 is 4.74 Å². The molecule has 0 amide bonds. The SMILES string of the molecule is N#Cc1cc(Oc2ccc3c4ccccc4n4c(-c5ccccc5-c5ccccc5)nnc4c3c2)cc(-n2c3ccccc3c3cccnc32)c1. The summed E-state index contributed by atoms with van der Waals surface area (Å²) in [7, 11) is 0. The molecule has 51 heavy (non-hydrogen) atoms. The van der Waals surface area contributed by atoms with E-state index in [0.29, 0.717) is 17.1 Å². The maximum atomic E-state index is 10.1. The van der Waals surface area contributed by atoms with Gasteiger partial charge in [-0.15, -0.1) is 10.2 Å². The molecule has 6 aromatic carbocycles. The van der Waals surface area contributed by atoms with Gasteiger partial charge in [0.25, 0.3) is 0 Å². The third-order valence-electron chi connectivity index (χ3n) is 9.53. The standard InChI is InChI=1S/C44H26N6O/c45-27-28-23-30(49-40-18-8-7-15-36(40)38-17-10-22-46-42(38)49)25-32(24-28)51-31-20-21-34-35-14-6-9-19-41(35)50-43(47-48-44(50)39(34)26-31)37-16-5-4-13-33(37)29-11-2-1-3-12-29/h1-26H. The van der Waals surface area contributed by atoms with Gasteiger partial charge in [0.2, 0.25) is 0 Å². The average molecular weight is 655 g/mol. The van der Waals surface area contributed by atoms with E-state index in [-0.39, 0.29) is 0 Å². The minimum absolute atomic E-state index is 0.484. The van der Waals surface area contributed by atoms with Crippen LogP contribution in [0.25, 0.3) is 77.5 Å². The first-order valence-corrected chi connectivity index (χ1v) is 16.7. The van der Waals surface area contributed by atoms with Gasteiger partial charge in [0.15, 0.2) is 11.5 Å². The molecule has 0 radical (unpaired) electrons. The third-order valence-corrected chi connectivity index (χ3v) is 9.53. The normalized spacial score (nSPS) is 11.5. The van der Waals surface area contributed by atoms with Crippen LogP contribution < -0.4 is 4.74 Å². The maximum Gasteiger partial charge on any atom is 0.169 e. The predicted molar refractivity (Wildman–Crippen MR) is 202 cm³/mol. The first-order chi connectivity index (χ1) is 25.2. The molecule has 0 fully saturated rings. The fourth-order valence-corrected chi connectivity index (χ4v) is 7.34. The summed E-state index contributed by atoms with van der Waals surface area (Å²) in [6, 6.07) is 53.2. The molecule has 10 aromatic rings. The lowest BCUT2D eigenvalue weighted by Crippen LogP contribution is -1.98. The zero-order valence-corrected chi connectivity index (χ0v) is 27.1. The lowest BCUT2D eigenvalue weighted by Gasteiger charge is -2.14. The molecule has 0 bridgehead atoms. The predicted octanol–water partition coefficient (Wildman–Crippen LogP) is 10.5. The molecule has 4 aromatic heterocycles. The minimum atomic E-state index is 0.484. The van der Waals surface area contributed by atoms with Crippen LogP contribution in [0.1, 0.15) is 5.56 Å². The summed E-state index contributed by atoms with van der Waals surface area (Å²) in [5.74, 6) is 1.93. The van der Waals surface area contributed by atoms with Gasteiger partial charge in [0.1, 0.15) is 17.1 Å². The molecule has 7 heteroatoms. The molecule has 7 nitrogen and oxygen atoms in total. The van der Waals surface area contributed by atoms with E-state index in [4.69, 9.17) is 19.9 Å². The van der Waals surface area contributed by atoms with Crippen molar-refractivity contribution in [3.05, 3.63) is 163 Å².